The van der Waals surface area contributed by atoms with Gasteiger partial charge in [0.1, 0.15) is 0 Å². The number of urea groups is 1. The molecule has 0 aliphatic heterocycles. The van der Waals surface area contributed by atoms with Gasteiger partial charge in [0.05, 0.1) is 5.75 Å². The van der Waals surface area contributed by atoms with Crippen molar-refractivity contribution in [1.82, 2.24) is 15.5 Å². The van der Waals surface area contributed by atoms with Crippen molar-refractivity contribution >= 4 is 61.8 Å². The van der Waals surface area contributed by atoms with Crippen molar-refractivity contribution in [2.45, 2.75) is 17.7 Å². The second kappa shape index (κ2) is 9.60. The number of carbonyl (C=O) groups excluding carboxylic acids is 2. The van der Waals surface area contributed by atoms with Gasteiger partial charge in [-0.3, -0.25) is 10.1 Å². The number of carbonyl (C=O) groups is 2. The lowest BCUT2D eigenvalue weighted by atomic mass is 10.3. The van der Waals surface area contributed by atoms with Gasteiger partial charge < -0.3 is 10.6 Å². The summed E-state index contributed by atoms with van der Waals surface area (Å²) in [6.07, 6.45) is 0.998. The predicted octanol–water partition coefficient (Wildman–Crippen LogP) is 3.56. The second-order valence-electron chi connectivity index (χ2n) is 4.60. The zero-order chi connectivity index (χ0) is 17.4. The van der Waals surface area contributed by atoms with Crippen LogP contribution >= 0.6 is 39.0 Å². The number of nitrogens with one attached hydrogen (secondary N) is 3. The third kappa shape index (κ3) is 6.46. The summed E-state index contributed by atoms with van der Waals surface area (Å²) in [5.74, 6) is -0.302. The highest BCUT2D eigenvalue weighted by Gasteiger charge is 2.11. The van der Waals surface area contributed by atoms with Crippen LogP contribution in [0.5, 0.6) is 0 Å². The van der Waals surface area contributed by atoms with Crippen LogP contribution in [0.3, 0.4) is 0 Å². The Hall–Kier alpha value is -1.65. The number of benzene rings is 1. The van der Waals surface area contributed by atoms with Crippen LogP contribution in [0.2, 0.25) is 0 Å². The van der Waals surface area contributed by atoms with Crippen LogP contribution in [-0.4, -0.2) is 34.4 Å². The van der Waals surface area contributed by atoms with E-state index in [0.29, 0.717) is 10.0 Å². The van der Waals surface area contributed by atoms with E-state index >= 15 is 0 Å². The van der Waals surface area contributed by atoms with Crippen LogP contribution in [0, 0.1) is 0 Å². The van der Waals surface area contributed by atoms with E-state index in [2.05, 4.69) is 49.0 Å². The Labute approximate surface area is 156 Å². The third-order valence-corrected chi connectivity index (χ3v) is 5.16. The van der Waals surface area contributed by atoms with Crippen molar-refractivity contribution in [3.05, 3.63) is 28.7 Å². The van der Waals surface area contributed by atoms with Gasteiger partial charge in [0.25, 0.3) is 0 Å². The SMILES string of the molecule is CCCNc1nnc(SCC(=O)NC(=O)Nc2ccc(Br)cc2)s1. The summed E-state index contributed by atoms with van der Waals surface area (Å²) in [4.78, 5) is 23.5. The lowest BCUT2D eigenvalue weighted by molar-refractivity contribution is -0.117. The first-order valence-electron chi connectivity index (χ1n) is 7.13. The maximum absolute atomic E-state index is 11.8. The zero-order valence-corrected chi connectivity index (χ0v) is 16.1. The molecular formula is C14H16BrN5O2S2. The molecule has 2 aromatic rings. The highest BCUT2D eigenvalue weighted by atomic mass is 79.9. The highest BCUT2D eigenvalue weighted by molar-refractivity contribution is 9.10. The Morgan fingerprint density at radius 3 is 2.71 bits per heavy atom. The van der Waals surface area contributed by atoms with Gasteiger partial charge in [-0.1, -0.05) is 46.0 Å². The van der Waals surface area contributed by atoms with Crippen LogP contribution in [0.4, 0.5) is 15.6 Å². The van der Waals surface area contributed by atoms with Gasteiger partial charge in [-0.25, -0.2) is 4.79 Å². The predicted molar refractivity (Wildman–Crippen MR) is 101 cm³/mol. The summed E-state index contributed by atoms with van der Waals surface area (Å²) in [6.45, 7) is 2.89. The van der Waals surface area contributed by atoms with Crippen LogP contribution in [0.25, 0.3) is 0 Å². The fraction of sp³-hybridized carbons (Fsp3) is 0.286. The van der Waals surface area contributed by atoms with E-state index in [1.54, 1.807) is 24.3 Å². The Bertz CT molecular complexity index is 693. The molecule has 0 fully saturated rings. The number of rotatable bonds is 7. The fourth-order valence-corrected chi connectivity index (χ4v) is 3.40. The maximum atomic E-state index is 11.8. The van der Waals surface area contributed by atoms with Crippen molar-refractivity contribution in [2.75, 3.05) is 22.9 Å². The molecule has 0 atom stereocenters. The van der Waals surface area contributed by atoms with Crippen molar-refractivity contribution in [2.24, 2.45) is 0 Å². The van der Waals surface area contributed by atoms with E-state index in [9.17, 15) is 9.59 Å². The van der Waals surface area contributed by atoms with E-state index in [4.69, 9.17) is 0 Å². The van der Waals surface area contributed by atoms with Crippen molar-refractivity contribution in [3.8, 4) is 0 Å². The molecule has 3 N–H and O–H groups in total. The van der Waals surface area contributed by atoms with Crippen LogP contribution in [0.15, 0.2) is 33.1 Å². The number of anilines is 2. The molecule has 0 unspecified atom stereocenters. The zero-order valence-electron chi connectivity index (χ0n) is 12.8. The minimum Gasteiger partial charge on any atom is -0.360 e. The number of hydrogen-bond acceptors (Lipinski definition) is 7. The van der Waals surface area contributed by atoms with Crippen LogP contribution in [-0.2, 0) is 4.79 Å². The minimum absolute atomic E-state index is 0.0934. The fourth-order valence-electron chi connectivity index (χ4n) is 1.56. The largest absolute Gasteiger partial charge is 0.360 e. The monoisotopic (exact) mass is 429 g/mol. The standard InChI is InChI=1S/C14H16BrN5O2S2/c1-2-7-16-13-19-20-14(24-13)23-8-11(21)18-12(22)17-10-5-3-9(15)4-6-10/h3-6H,2,7-8H2,1H3,(H,16,19)(H2,17,18,21,22). The molecule has 1 aromatic heterocycles. The summed E-state index contributed by atoms with van der Waals surface area (Å²) in [5, 5.41) is 16.7. The normalized spacial score (nSPS) is 10.2. The molecule has 128 valence electrons. The van der Waals surface area contributed by atoms with E-state index in [1.165, 1.54) is 23.1 Å². The third-order valence-electron chi connectivity index (χ3n) is 2.61. The van der Waals surface area contributed by atoms with E-state index in [0.717, 1.165) is 22.6 Å². The number of hydrogen-bond donors (Lipinski definition) is 3. The first-order chi connectivity index (χ1) is 11.6. The molecule has 3 amide bonds. The molecule has 0 saturated carbocycles. The summed E-state index contributed by atoms with van der Waals surface area (Å²) >= 11 is 5.93. The van der Waals surface area contributed by atoms with Gasteiger partial charge in [-0.2, -0.15) is 0 Å². The Morgan fingerprint density at radius 2 is 2.00 bits per heavy atom. The number of imide groups is 1. The average molecular weight is 430 g/mol. The topological polar surface area (TPSA) is 96.0 Å². The lowest BCUT2D eigenvalue weighted by Crippen LogP contribution is -2.35. The second-order valence-corrected chi connectivity index (χ2v) is 7.71. The number of halogens is 1. The number of thioether (sulfide) groups is 1. The summed E-state index contributed by atoms with van der Waals surface area (Å²) in [6, 6.07) is 6.49. The molecule has 7 nitrogen and oxygen atoms in total. The first kappa shape index (κ1) is 18.7. The number of aromatic nitrogens is 2. The maximum Gasteiger partial charge on any atom is 0.325 e. The molecule has 0 radical (unpaired) electrons. The molecule has 10 heteroatoms. The quantitative estimate of drug-likeness (QED) is 0.582. The van der Waals surface area contributed by atoms with Gasteiger partial charge in [-0.05, 0) is 30.7 Å². The Kier molecular flexibility index (Phi) is 7.47. The molecule has 1 heterocycles. The van der Waals surface area contributed by atoms with E-state index in [1.807, 2.05) is 0 Å². The molecule has 0 saturated heterocycles. The van der Waals surface area contributed by atoms with Crippen molar-refractivity contribution in [1.29, 1.82) is 0 Å². The lowest BCUT2D eigenvalue weighted by Gasteiger charge is -2.06. The highest BCUT2D eigenvalue weighted by Crippen LogP contribution is 2.25. The summed E-state index contributed by atoms with van der Waals surface area (Å²) < 4.78 is 1.59. The molecule has 0 aliphatic carbocycles. The van der Waals surface area contributed by atoms with Gasteiger partial charge in [0, 0.05) is 16.7 Å². The minimum atomic E-state index is -0.564. The summed E-state index contributed by atoms with van der Waals surface area (Å²) in [7, 11) is 0. The van der Waals surface area contributed by atoms with E-state index in [-0.39, 0.29) is 5.75 Å². The van der Waals surface area contributed by atoms with Crippen LogP contribution in [0.1, 0.15) is 13.3 Å². The number of amides is 3. The van der Waals surface area contributed by atoms with Gasteiger partial charge in [0.15, 0.2) is 4.34 Å². The van der Waals surface area contributed by atoms with Gasteiger partial charge in [-0.15, -0.1) is 10.2 Å². The van der Waals surface area contributed by atoms with Crippen molar-refractivity contribution in [3.63, 3.8) is 0 Å². The Morgan fingerprint density at radius 1 is 1.25 bits per heavy atom. The van der Waals surface area contributed by atoms with Gasteiger partial charge in [0.2, 0.25) is 11.0 Å². The number of nitrogens with zero attached hydrogens (tertiary/aromatic N) is 2. The molecule has 0 spiro atoms. The first-order valence-corrected chi connectivity index (χ1v) is 9.73. The smallest absolute Gasteiger partial charge is 0.325 e. The molecule has 2 rings (SSSR count). The van der Waals surface area contributed by atoms with E-state index < -0.39 is 11.9 Å². The van der Waals surface area contributed by atoms with Crippen molar-refractivity contribution < 1.29 is 9.59 Å². The molecule has 0 aliphatic rings. The van der Waals surface area contributed by atoms with Crippen LogP contribution < -0.4 is 16.0 Å². The molecule has 0 bridgehead atoms. The molecule has 1 aromatic carbocycles. The summed E-state index contributed by atoms with van der Waals surface area (Å²) in [5.41, 5.74) is 0.604. The Balaban J connectivity index is 1.73. The van der Waals surface area contributed by atoms with Gasteiger partial charge >= 0.3 is 6.03 Å². The molecular weight excluding hydrogens is 414 g/mol. The molecule has 24 heavy (non-hydrogen) atoms. The average Bonchev–Trinajstić information content (AvgIpc) is 3.01.